The minimum Gasteiger partial charge on any atom is -0.469 e. The number of ether oxygens (including phenoxy) is 2. The first kappa shape index (κ1) is 13.3. The van der Waals surface area contributed by atoms with Gasteiger partial charge in [-0.3, -0.25) is 14.4 Å². The van der Waals surface area contributed by atoms with Gasteiger partial charge in [0.1, 0.15) is 5.92 Å². The highest BCUT2D eigenvalue weighted by Crippen LogP contribution is 2.31. The standard InChI is InChI=1S/C14H14O5/c1-18-13(16)10-7-8-5-3-4-6-9(8)12(15)11(10)14(17)19-2/h3-6,10-11H,7H2,1-2H3/t10-,11-/m1/s1. The SMILES string of the molecule is COC(=O)[C@H]1C(=O)c2ccccc2C[C@H]1C(=O)OC. The van der Waals surface area contributed by atoms with E-state index in [2.05, 4.69) is 9.47 Å². The van der Waals surface area contributed by atoms with Crippen LogP contribution in [0, 0.1) is 11.8 Å². The zero-order chi connectivity index (χ0) is 14.0. The maximum atomic E-state index is 12.3. The van der Waals surface area contributed by atoms with E-state index in [9.17, 15) is 14.4 Å². The Labute approximate surface area is 110 Å². The number of carbonyl (C=O) groups excluding carboxylic acids is 3. The van der Waals surface area contributed by atoms with E-state index < -0.39 is 23.8 Å². The van der Waals surface area contributed by atoms with Crippen LogP contribution in [0.2, 0.25) is 0 Å². The monoisotopic (exact) mass is 262 g/mol. The molecule has 0 saturated heterocycles. The molecule has 0 N–H and O–H groups in total. The van der Waals surface area contributed by atoms with Crippen molar-refractivity contribution in [1.29, 1.82) is 0 Å². The lowest BCUT2D eigenvalue weighted by Gasteiger charge is -2.28. The molecule has 0 amide bonds. The molecule has 1 aliphatic rings. The molecular formula is C14H14O5. The van der Waals surface area contributed by atoms with Crippen molar-refractivity contribution in [2.45, 2.75) is 6.42 Å². The van der Waals surface area contributed by atoms with Gasteiger partial charge < -0.3 is 9.47 Å². The van der Waals surface area contributed by atoms with Crippen molar-refractivity contribution in [3.8, 4) is 0 Å². The molecule has 0 aliphatic heterocycles. The van der Waals surface area contributed by atoms with Crippen LogP contribution in [0.4, 0.5) is 0 Å². The van der Waals surface area contributed by atoms with Gasteiger partial charge in [-0.05, 0) is 12.0 Å². The van der Waals surface area contributed by atoms with E-state index in [1.54, 1.807) is 24.3 Å². The molecule has 0 fully saturated rings. The first-order chi connectivity index (χ1) is 9.10. The lowest BCUT2D eigenvalue weighted by molar-refractivity contribution is -0.155. The zero-order valence-corrected chi connectivity index (χ0v) is 10.7. The Morgan fingerprint density at radius 1 is 1.11 bits per heavy atom. The molecule has 2 rings (SSSR count). The van der Waals surface area contributed by atoms with Gasteiger partial charge in [0.15, 0.2) is 5.78 Å². The molecule has 1 aliphatic carbocycles. The summed E-state index contributed by atoms with van der Waals surface area (Å²) in [5.74, 6) is -3.59. The van der Waals surface area contributed by atoms with Crippen molar-refractivity contribution < 1.29 is 23.9 Å². The maximum absolute atomic E-state index is 12.3. The normalized spacial score (nSPS) is 21.5. The molecule has 1 aromatic rings. The molecule has 0 spiro atoms. The minimum atomic E-state index is -1.12. The predicted molar refractivity (Wildman–Crippen MR) is 65.5 cm³/mol. The summed E-state index contributed by atoms with van der Waals surface area (Å²) >= 11 is 0. The Bertz CT molecular complexity index is 534. The fourth-order valence-corrected chi connectivity index (χ4v) is 2.41. The topological polar surface area (TPSA) is 69.7 Å². The lowest BCUT2D eigenvalue weighted by Crippen LogP contribution is -2.42. The Hall–Kier alpha value is -2.17. The van der Waals surface area contributed by atoms with Gasteiger partial charge in [0, 0.05) is 5.56 Å². The highest BCUT2D eigenvalue weighted by Gasteiger charge is 2.45. The van der Waals surface area contributed by atoms with E-state index in [1.165, 1.54) is 14.2 Å². The Morgan fingerprint density at radius 2 is 1.74 bits per heavy atom. The van der Waals surface area contributed by atoms with Crippen LogP contribution in [-0.4, -0.2) is 31.9 Å². The Kier molecular flexibility index (Phi) is 3.64. The van der Waals surface area contributed by atoms with E-state index in [0.29, 0.717) is 12.0 Å². The number of rotatable bonds is 2. The van der Waals surface area contributed by atoms with E-state index >= 15 is 0 Å². The number of methoxy groups -OCH3 is 2. The molecule has 0 aromatic heterocycles. The number of hydrogen-bond acceptors (Lipinski definition) is 5. The number of carbonyl (C=O) groups is 3. The summed E-state index contributed by atoms with van der Waals surface area (Å²) in [6.07, 6.45) is 0.300. The molecule has 1 aromatic carbocycles. The van der Waals surface area contributed by atoms with Crippen LogP contribution < -0.4 is 0 Å². The lowest BCUT2D eigenvalue weighted by atomic mass is 9.75. The summed E-state index contributed by atoms with van der Waals surface area (Å²) in [5, 5.41) is 0. The quantitative estimate of drug-likeness (QED) is 0.587. The zero-order valence-electron chi connectivity index (χ0n) is 10.7. The summed E-state index contributed by atoms with van der Waals surface area (Å²) < 4.78 is 9.31. The number of benzene rings is 1. The molecular weight excluding hydrogens is 248 g/mol. The van der Waals surface area contributed by atoms with Crippen molar-refractivity contribution in [1.82, 2.24) is 0 Å². The van der Waals surface area contributed by atoms with E-state index in [0.717, 1.165) is 5.56 Å². The first-order valence-electron chi connectivity index (χ1n) is 5.88. The molecule has 0 radical (unpaired) electrons. The molecule has 2 atom stereocenters. The molecule has 0 bridgehead atoms. The number of esters is 2. The number of Topliss-reactive ketones (excluding diaryl/α,β-unsaturated/α-hetero) is 1. The van der Waals surface area contributed by atoms with Crippen LogP contribution >= 0.6 is 0 Å². The average Bonchev–Trinajstić information content (AvgIpc) is 2.45. The van der Waals surface area contributed by atoms with Crippen molar-refractivity contribution in [3.05, 3.63) is 35.4 Å². The number of ketones is 1. The largest absolute Gasteiger partial charge is 0.469 e. The van der Waals surface area contributed by atoms with Crippen LogP contribution in [0.15, 0.2) is 24.3 Å². The van der Waals surface area contributed by atoms with Gasteiger partial charge in [-0.15, -0.1) is 0 Å². The smallest absolute Gasteiger partial charge is 0.317 e. The fraction of sp³-hybridized carbons (Fsp3) is 0.357. The van der Waals surface area contributed by atoms with Gasteiger partial charge in [-0.1, -0.05) is 24.3 Å². The summed E-state index contributed by atoms with van der Waals surface area (Å²) in [7, 11) is 2.44. The van der Waals surface area contributed by atoms with Crippen molar-refractivity contribution in [2.24, 2.45) is 11.8 Å². The second-order valence-corrected chi connectivity index (χ2v) is 4.36. The van der Waals surface area contributed by atoms with Gasteiger partial charge in [-0.25, -0.2) is 0 Å². The van der Waals surface area contributed by atoms with Crippen molar-refractivity contribution >= 4 is 17.7 Å². The van der Waals surface area contributed by atoms with Gasteiger partial charge >= 0.3 is 11.9 Å². The molecule has 0 saturated carbocycles. The van der Waals surface area contributed by atoms with Crippen LogP contribution in [0.3, 0.4) is 0 Å². The number of fused-ring (bicyclic) bond motifs is 1. The molecule has 100 valence electrons. The number of hydrogen-bond donors (Lipinski definition) is 0. The molecule has 0 unspecified atom stereocenters. The van der Waals surface area contributed by atoms with Crippen molar-refractivity contribution in [3.63, 3.8) is 0 Å². The molecule has 5 nitrogen and oxygen atoms in total. The van der Waals surface area contributed by atoms with Gasteiger partial charge in [0.05, 0.1) is 20.1 Å². The summed E-state index contributed by atoms with van der Waals surface area (Å²) in [5.41, 5.74) is 1.22. The van der Waals surface area contributed by atoms with Crippen LogP contribution in [0.1, 0.15) is 15.9 Å². The minimum absolute atomic E-state index is 0.300. The molecule has 5 heteroatoms. The first-order valence-corrected chi connectivity index (χ1v) is 5.88. The summed E-state index contributed by atoms with van der Waals surface area (Å²) in [4.78, 5) is 35.9. The van der Waals surface area contributed by atoms with Gasteiger partial charge in [0.25, 0.3) is 0 Å². The van der Waals surface area contributed by atoms with Crippen LogP contribution in [-0.2, 0) is 25.5 Å². The third kappa shape index (κ3) is 2.23. The summed E-state index contributed by atoms with van der Waals surface area (Å²) in [6, 6.07) is 6.94. The van der Waals surface area contributed by atoms with Crippen LogP contribution in [0.25, 0.3) is 0 Å². The van der Waals surface area contributed by atoms with Gasteiger partial charge in [0.2, 0.25) is 0 Å². The second-order valence-electron chi connectivity index (χ2n) is 4.36. The highest BCUT2D eigenvalue weighted by atomic mass is 16.5. The van der Waals surface area contributed by atoms with E-state index in [-0.39, 0.29) is 5.78 Å². The second kappa shape index (κ2) is 5.22. The Morgan fingerprint density at radius 3 is 2.37 bits per heavy atom. The maximum Gasteiger partial charge on any atom is 0.317 e. The Balaban J connectivity index is 2.47. The molecule has 19 heavy (non-hydrogen) atoms. The fourth-order valence-electron chi connectivity index (χ4n) is 2.41. The van der Waals surface area contributed by atoms with E-state index in [1.807, 2.05) is 0 Å². The third-order valence-corrected chi connectivity index (χ3v) is 3.37. The van der Waals surface area contributed by atoms with Crippen LogP contribution in [0.5, 0.6) is 0 Å². The highest BCUT2D eigenvalue weighted by molar-refractivity contribution is 6.12. The third-order valence-electron chi connectivity index (χ3n) is 3.37. The van der Waals surface area contributed by atoms with Gasteiger partial charge in [-0.2, -0.15) is 0 Å². The summed E-state index contributed by atoms with van der Waals surface area (Å²) in [6.45, 7) is 0. The average molecular weight is 262 g/mol. The predicted octanol–water partition coefficient (Wildman–Crippen LogP) is 1.00. The van der Waals surface area contributed by atoms with E-state index in [4.69, 9.17) is 0 Å². The molecule has 0 heterocycles. The van der Waals surface area contributed by atoms with Crippen molar-refractivity contribution in [2.75, 3.05) is 14.2 Å².